The minimum Gasteiger partial charge on any atom is -0.357 e. The van der Waals surface area contributed by atoms with Crippen LogP contribution in [0.3, 0.4) is 0 Å². The number of rotatable bonds is 7. The van der Waals surface area contributed by atoms with E-state index in [4.69, 9.17) is 4.74 Å². The molecule has 1 unspecified atom stereocenters. The zero-order valence-electron chi connectivity index (χ0n) is 14.2. The van der Waals surface area contributed by atoms with Crippen molar-refractivity contribution in [1.82, 2.24) is 4.31 Å². The number of halogens is 5. The van der Waals surface area contributed by atoms with E-state index in [1.165, 1.54) is 0 Å². The molecular weight excluding hydrogens is 394 g/mol. The highest BCUT2D eigenvalue weighted by atomic mass is 35.5. The Labute approximate surface area is 157 Å². The third-order valence-electron chi connectivity index (χ3n) is 3.80. The van der Waals surface area contributed by atoms with Gasteiger partial charge in [-0.3, -0.25) is 4.31 Å². The van der Waals surface area contributed by atoms with E-state index in [-0.39, 0.29) is 24.9 Å². The van der Waals surface area contributed by atoms with Crippen molar-refractivity contribution in [3.8, 4) is 0 Å². The van der Waals surface area contributed by atoms with Gasteiger partial charge in [0.15, 0.2) is 0 Å². The molecule has 0 amide bonds. The Balaban J connectivity index is 2.29. The molecule has 3 nitrogen and oxygen atoms in total. The predicted octanol–water partition coefficient (Wildman–Crippen LogP) is 5.08. The molecule has 0 bridgehead atoms. The first-order valence-electron chi connectivity index (χ1n) is 8.03. The fourth-order valence-electron chi connectivity index (χ4n) is 2.47. The van der Waals surface area contributed by atoms with E-state index in [2.05, 4.69) is 11.6 Å². The van der Waals surface area contributed by atoms with Crippen molar-refractivity contribution >= 4 is 22.6 Å². The molecule has 0 aromatic heterocycles. The van der Waals surface area contributed by atoms with Crippen molar-refractivity contribution in [1.29, 1.82) is 0 Å². The van der Waals surface area contributed by atoms with E-state index in [0.29, 0.717) is 4.31 Å². The molecule has 2 rings (SSSR count). The van der Waals surface area contributed by atoms with Crippen LogP contribution in [0.25, 0.3) is 0 Å². The van der Waals surface area contributed by atoms with E-state index in [1.54, 1.807) is 6.08 Å². The van der Waals surface area contributed by atoms with Crippen molar-refractivity contribution in [2.75, 3.05) is 6.61 Å². The largest absolute Gasteiger partial charge is 0.415 e. The van der Waals surface area contributed by atoms with Gasteiger partial charge in [-0.1, -0.05) is 50.3 Å². The van der Waals surface area contributed by atoms with Gasteiger partial charge in [-0.25, -0.2) is 4.21 Å². The lowest BCUT2D eigenvalue weighted by atomic mass is 9.93. The standard InChI is InChI=1S/C17H20ClF4NO2S/c1-12(2)11-25-15-10-14(13-6-4-3-5-7-13)8-9-23(15)26(24)17(21,22)16(18,19)20/h3-9,12,14-15H,10-11H2,1-2H3/t14-,15-,26?/m0/s1. The summed E-state index contributed by atoms with van der Waals surface area (Å²) in [5, 5.41) is -9.87. The van der Waals surface area contributed by atoms with Crippen LogP contribution in [0.4, 0.5) is 17.6 Å². The lowest BCUT2D eigenvalue weighted by molar-refractivity contribution is -0.0998. The van der Waals surface area contributed by atoms with Crippen molar-refractivity contribution in [3.63, 3.8) is 0 Å². The fraction of sp³-hybridized carbons (Fsp3) is 0.529. The summed E-state index contributed by atoms with van der Waals surface area (Å²) in [5.74, 6) is -0.0897. The first-order valence-corrected chi connectivity index (χ1v) is 9.52. The van der Waals surface area contributed by atoms with Gasteiger partial charge in [0, 0.05) is 18.5 Å². The normalized spacial score (nSPS) is 22.7. The van der Waals surface area contributed by atoms with Gasteiger partial charge < -0.3 is 4.74 Å². The smallest absolute Gasteiger partial charge is 0.357 e. The van der Waals surface area contributed by atoms with Crippen molar-refractivity contribution in [2.45, 2.75) is 43.1 Å². The first kappa shape index (κ1) is 21.2. The van der Waals surface area contributed by atoms with Gasteiger partial charge >= 0.3 is 10.6 Å². The number of allylic oxidation sites excluding steroid dienone is 1. The number of hydrogen-bond acceptors (Lipinski definition) is 2. The summed E-state index contributed by atoms with van der Waals surface area (Å²) >= 11 is 4.47. The summed E-state index contributed by atoms with van der Waals surface area (Å²) in [6, 6.07) is 9.23. The van der Waals surface area contributed by atoms with Gasteiger partial charge in [-0.2, -0.15) is 17.6 Å². The van der Waals surface area contributed by atoms with Crippen LogP contribution < -0.4 is 0 Å². The maximum Gasteiger partial charge on any atom is 0.415 e. The van der Waals surface area contributed by atoms with Crippen LogP contribution in [0, 0.1) is 5.92 Å². The number of ether oxygens (including phenoxy) is 1. The summed E-state index contributed by atoms with van der Waals surface area (Å²) < 4.78 is 72.0. The summed E-state index contributed by atoms with van der Waals surface area (Å²) in [4.78, 5) is 0. The van der Waals surface area contributed by atoms with Crippen LogP contribution >= 0.6 is 11.6 Å². The van der Waals surface area contributed by atoms with Crippen molar-refractivity contribution in [3.05, 3.63) is 48.2 Å². The first-order chi connectivity index (χ1) is 12.0. The van der Waals surface area contributed by atoms with E-state index < -0.39 is 27.8 Å². The topological polar surface area (TPSA) is 29.5 Å². The van der Waals surface area contributed by atoms with Gasteiger partial charge in [0.1, 0.15) is 6.23 Å². The average molecular weight is 414 g/mol. The van der Waals surface area contributed by atoms with Gasteiger partial charge in [0.25, 0.3) is 0 Å². The van der Waals surface area contributed by atoms with Gasteiger partial charge in [0.2, 0.25) is 11.0 Å². The number of alkyl halides is 5. The minimum atomic E-state index is -4.94. The highest BCUT2D eigenvalue weighted by Gasteiger charge is 2.62. The summed E-state index contributed by atoms with van der Waals surface area (Å²) in [6.07, 6.45) is 1.82. The molecule has 1 aliphatic rings. The van der Waals surface area contributed by atoms with Crippen molar-refractivity contribution in [2.24, 2.45) is 5.92 Å². The molecule has 0 spiro atoms. The molecular formula is C17H20ClF4NO2S. The quantitative estimate of drug-likeness (QED) is 0.461. The Kier molecular flexibility index (Phi) is 6.74. The van der Waals surface area contributed by atoms with Gasteiger partial charge in [0.05, 0.1) is 6.61 Å². The molecule has 1 aromatic rings. The molecule has 146 valence electrons. The Morgan fingerprint density at radius 1 is 1.27 bits per heavy atom. The maximum atomic E-state index is 13.8. The summed E-state index contributed by atoms with van der Waals surface area (Å²) in [6.45, 7) is 3.92. The van der Waals surface area contributed by atoms with Crippen LogP contribution in [0.15, 0.2) is 42.6 Å². The second-order valence-electron chi connectivity index (χ2n) is 6.40. The Morgan fingerprint density at radius 2 is 1.88 bits per heavy atom. The minimum absolute atomic E-state index is 0.0846. The van der Waals surface area contributed by atoms with Crippen LogP contribution in [0.2, 0.25) is 0 Å². The van der Waals surface area contributed by atoms with Crippen LogP contribution in [0.5, 0.6) is 0 Å². The van der Waals surface area contributed by atoms with Crippen LogP contribution in [-0.2, 0) is 15.7 Å². The molecule has 0 fully saturated rings. The summed E-state index contributed by atoms with van der Waals surface area (Å²) in [5.41, 5.74) is 0.918. The monoisotopic (exact) mass is 413 g/mol. The molecule has 0 radical (unpaired) electrons. The van der Waals surface area contributed by atoms with Gasteiger partial charge in [-0.05, 0) is 23.1 Å². The van der Waals surface area contributed by atoms with Crippen LogP contribution in [0.1, 0.15) is 31.7 Å². The van der Waals surface area contributed by atoms with E-state index in [1.807, 2.05) is 44.2 Å². The van der Waals surface area contributed by atoms with E-state index in [0.717, 1.165) is 11.8 Å². The molecule has 9 heteroatoms. The molecule has 1 heterocycles. The number of benzene rings is 1. The average Bonchev–Trinajstić information content (AvgIpc) is 2.58. The molecule has 0 saturated heterocycles. The zero-order chi connectivity index (χ0) is 19.5. The maximum absolute atomic E-state index is 13.8. The molecule has 3 atom stereocenters. The zero-order valence-corrected chi connectivity index (χ0v) is 15.8. The third kappa shape index (κ3) is 4.78. The number of hydrogen-bond donors (Lipinski definition) is 0. The lowest BCUT2D eigenvalue weighted by Crippen LogP contribution is -2.50. The number of nitrogens with zero attached hydrogens (tertiary/aromatic N) is 1. The predicted molar refractivity (Wildman–Crippen MR) is 93.2 cm³/mol. The SMILES string of the molecule is CC(C)CO[C@H]1C[C@@H](c2ccccc2)C=CN1S(=O)C(F)(F)C(F)(F)Cl. The Hall–Kier alpha value is -1.12. The second kappa shape index (κ2) is 8.27. The molecule has 1 aliphatic heterocycles. The van der Waals surface area contributed by atoms with E-state index >= 15 is 0 Å². The third-order valence-corrected chi connectivity index (χ3v) is 5.58. The highest BCUT2D eigenvalue weighted by Crippen LogP contribution is 2.43. The second-order valence-corrected chi connectivity index (χ2v) is 8.31. The molecule has 0 aliphatic carbocycles. The van der Waals surface area contributed by atoms with Crippen molar-refractivity contribution < 1.29 is 26.5 Å². The lowest BCUT2D eigenvalue weighted by Gasteiger charge is -2.37. The Bertz CT molecular complexity index is 652. The summed E-state index contributed by atoms with van der Waals surface area (Å²) in [7, 11) is -3.40. The molecule has 1 aromatic carbocycles. The van der Waals surface area contributed by atoms with E-state index in [9.17, 15) is 21.8 Å². The van der Waals surface area contributed by atoms with Crippen LogP contribution in [-0.4, -0.2) is 32.0 Å². The fourth-order valence-corrected chi connectivity index (χ4v) is 3.67. The van der Waals surface area contributed by atoms with Gasteiger partial charge in [-0.15, -0.1) is 0 Å². The Morgan fingerprint density at radius 3 is 2.42 bits per heavy atom. The molecule has 0 saturated carbocycles. The highest BCUT2D eigenvalue weighted by molar-refractivity contribution is 7.84. The molecule has 26 heavy (non-hydrogen) atoms. The molecule has 0 N–H and O–H groups in total.